The maximum atomic E-state index is 12.0. The summed E-state index contributed by atoms with van der Waals surface area (Å²) in [5.74, 6) is 0.832. The third-order valence-electron chi connectivity index (χ3n) is 3.81. The van der Waals surface area contributed by atoms with E-state index in [9.17, 15) is 4.79 Å². The number of methoxy groups -OCH3 is 1. The Balaban J connectivity index is 1.93. The van der Waals surface area contributed by atoms with Crippen molar-refractivity contribution in [1.82, 2.24) is 4.98 Å². The lowest BCUT2D eigenvalue weighted by Gasteiger charge is -2.14. The van der Waals surface area contributed by atoms with Crippen molar-refractivity contribution in [3.63, 3.8) is 0 Å². The summed E-state index contributed by atoms with van der Waals surface area (Å²) >= 11 is 0. The Bertz CT molecular complexity index is 919. The van der Waals surface area contributed by atoms with Crippen LogP contribution in [-0.2, 0) is 9.53 Å². The Labute approximate surface area is 157 Å². The molecule has 1 N–H and O–H groups in total. The maximum Gasteiger partial charge on any atom is 0.332 e. The summed E-state index contributed by atoms with van der Waals surface area (Å²) in [6, 6.07) is 15.1. The molecule has 0 radical (unpaired) electrons. The van der Waals surface area contributed by atoms with Gasteiger partial charge in [-0.3, -0.25) is 0 Å². The monoisotopic (exact) mass is 364 g/mol. The summed E-state index contributed by atoms with van der Waals surface area (Å²) in [5.41, 5.74) is 3.04. The Kier molecular flexibility index (Phi) is 5.89. The average molecular weight is 364 g/mol. The number of anilines is 1. The van der Waals surface area contributed by atoms with E-state index in [1.165, 1.54) is 12.5 Å². The fraction of sp³-hybridized carbons (Fsp3) is 0.143. The minimum Gasteiger partial charge on any atom is -0.496 e. The van der Waals surface area contributed by atoms with Gasteiger partial charge in [-0.05, 0) is 24.6 Å². The summed E-state index contributed by atoms with van der Waals surface area (Å²) in [5, 5.41) is 3.27. The molecular weight excluding hydrogens is 344 g/mol. The number of benzene rings is 2. The van der Waals surface area contributed by atoms with Crippen molar-refractivity contribution in [2.75, 3.05) is 19.0 Å². The van der Waals surface area contributed by atoms with Gasteiger partial charge in [0.25, 0.3) is 0 Å². The standard InChI is InChI=1S/C21H20N2O4/c1-3-26-21(24)12-18(15-7-5-4-6-8-15)23-16-9-10-17(19(11-16)25-2)20-13-22-14-27-20/h4-14,23H,3H2,1-2H3. The van der Waals surface area contributed by atoms with Gasteiger partial charge in [0.2, 0.25) is 0 Å². The van der Waals surface area contributed by atoms with Crippen LogP contribution in [0.15, 0.2) is 71.6 Å². The molecule has 1 aromatic heterocycles. The first kappa shape index (κ1) is 18.3. The molecule has 0 aliphatic carbocycles. The number of aromatic nitrogens is 1. The molecule has 27 heavy (non-hydrogen) atoms. The van der Waals surface area contributed by atoms with Crippen molar-refractivity contribution in [2.24, 2.45) is 0 Å². The van der Waals surface area contributed by atoms with Crippen LogP contribution in [0.2, 0.25) is 0 Å². The second kappa shape index (κ2) is 8.71. The lowest BCUT2D eigenvalue weighted by Crippen LogP contribution is -2.06. The van der Waals surface area contributed by atoms with Crippen molar-refractivity contribution < 1.29 is 18.7 Å². The van der Waals surface area contributed by atoms with Crippen molar-refractivity contribution in [1.29, 1.82) is 0 Å². The predicted molar refractivity (Wildman–Crippen MR) is 103 cm³/mol. The van der Waals surface area contributed by atoms with E-state index in [2.05, 4.69) is 10.3 Å². The van der Waals surface area contributed by atoms with Gasteiger partial charge in [-0.25, -0.2) is 9.78 Å². The summed E-state index contributed by atoms with van der Waals surface area (Å²) in [7, 11) is 1.59. The lowest BCUT2D eigenvalue weighted by atomic mass is 10.1. The molecule has 3 rings (SSSR count). The molecule has 0 bridgehead atoms. The van der Waals surface area contributed by atoms with Crippen LogP contribution in [0, 0.1) is 0 Å². The highest BCUT2D eigenvalue weighted by Gasteiger charge is 2.12. The fourth-order valence-electron chi connectivity index (χ4n) is 2.59. The number of nitrogens with one attached hydrogen (secondary N) is 1. The molecular formula is C21H20N2O4. The molecule has 0 aliphatic heterocycles. The van der Waals surface area contributed by atoms with Crippen LogP contribution < -0.4 is 10.1 Å². The van der Waals surface area contributed by atoms with Crippen LogP contribution in [0.1, 0.15) is 12.5 Å². The minimum absolute atomic E-state index is 0.317. The first-order chi connectivity index (χ1) is 13.2. The zero-order chi connectivity index (χ0) is 19.1. The molecule has 1 heterocycles. The van der Waals surface area contributed by atoms with Crippen molar-refractivity contribution in [3.8, 4) is 17.1 Å². The second-order valence-electron chi connectivity index (χ2n) is 5.58. The predicted octanol–water partition coefficient (Wildman–Crippen LogP) is 4.37. The molecule has 0 amide bonds. The van der Waals surface area contributed by atoms with Crippen LogP contribution >= 0.6 is 0 Å². The molecule has 0 aliphatic rings. The molecule has 2 aromatic carbocycles. The van der Waals surface area contributed by atoms with Crippen LogP contribution in [0.25, 0.3) is 17.0 Å². The Morgan fingerprint density at radius 3 is 2.70 bits per heavy atom. The molecule has 0 saturated carbocycles. The molecule has 138 valence electrons. The van der Waals surface area contributed by atoms with E-state index in [0.29, 0.717) is 23.8 Å². The number of rotatable bonds is 7. The van der Waals surface area contributed by atoms with Gasteiger partial charge >= 0.3 is 5.97 Å². The summed E-state index contributed by atoms with van der Waals surface area (Å²) in [6.07, 6.45) is 4.44. The lowest BCUT2D eigenvalue weighted by molar-refractivity contribution is -0.137. The quantitative estimate of drug-likeness (QED) is 0.496. The Morgan fingerprint density at radius 2 is 2.04 bits per heavy atom. The number of oxazole rings is 1. The molecule has 6 heteroatoms. The summed E-state index contributed by atoms with van der Waals surface area (Å²) < 4.78 is 15.9. The number of hydrogen-bond donors (Lipinski definition) is 1. The minimum atomic E-state index is -0.408. The third kappa shape index (κ3) is 4.55. The van der Waals surface area contributed by atoms with Gasteiger partial charge in [0.05, 0.1) is 31.2 Å². The smallest absolute Gasteiger partial charge is 0.332 e. The van der Waals surface area contributed by atoms with E-state index in [0.717, 1.165) is 16.8 Å². The highest BCUT2D eigenvalue weighted by Crippen LogP contribution is 2.33. The number of nitrogens with zero attached hydrogens (tertiary/aromatic N) is 1. The van der Waals surface area contributed by atoms with Crippen LogP contribution in [-0.4, -0.2) is 24.7 Å². The highest BCUT2D eigenvalue weighted by atomic mass is 16.5. The maximum absolute atomic E-state index is 12.0. The molecule has 6 nitrogen and oxygen atoms in total. The van der Waals surface area contributed by atoms with Crippen LogP contribution in [0.3, 0.4) is 0 Å². The fourth-order valence-corrected chi connectivity index (χ4v) is 2.59. The van der Waals surface area contributed by atoms with Gasteiger partial charge in [0.15, 0.2) is 12.2 Å². The molecule has 0 atom stereocenters. The summed E-state index contributed by atoms with van der Waals surface area (Å²) in [4.78, 5) is 15.9. The van der Waals surface area contributed by atoms with Crippen molar-refractivity contribution in [2.45, 2.75) is 6.92 Å². The highest BCUT2D eigenvalue weighted by molar-refractivity contribution is 5.94. The van der Waals surface area contributed by atoms with Gasteiger partial charge in [0.1, 0.15) is 5.75 Å². The molecule has 0 spiro atoms. The first-order valence-electron chi connectivity index (χ1n) is 8.49. The van der Waals surface area contributed by atoms with Gasteiger partial charge in [-0.15, -0.1) is 0 Å². The van der Waals surface area contributed by atoms with Crippen LogP contribution in [0.4, 0.5) is 5.69 Å². The van der Waals surface area contributed by atoms with E-state index in [1.807, 2.05) is 48.5 Å². The van der Waals surface area contributed by atoms with Gasteiger partial charge in [-0.1, -0.05) is 30.3 Å². The molecule has 0 unspecified atom stereocenters. The Hall–Kier alpha value is -3.54. The van der Waals surface area contributed by atoms with Crippen molar-refractivity contribution in [3.05, 3.63) is 72.8 Å². The molecule has 0 fully saturated rings. The number of hydrogen-bond acceptors (Lipinski definition) is 6. The van der Waals surface area contributed by atoms with E-state index in [1.54, 1.807) is 20.2 Å². The molecule has 0 saturated heterocycles. The summed E-state index contributed by atoms with van der Waals surface area (Å²) in [6.45, 7) is 2.09. The number of carbonyl (C=O) groups is 1. The van der Waals surface area contributed by atoms with Gasteiger partial charge in [0, 0.05) is 17.8 Å². The zero-order valence-electron chi connectivity index (χ0n) is 15.1. The third-order valence-corrected chi connectivity index (χ3v) is 3.81. The topological polar surface area (TPSA) is 73.6 Å². The Morgan fingerprint density at radius 1 is 1.22 bits per heavy atom. The van der Waals surface area contributed by atoms with E-state index < -0.39 is 5.97 Å². The van der Waals surface area contributed by atoms with E-state index in [4.69, 9.17) is 13.9 Å². The van der Waals surface area contributed by atoms with Gasteiger partial charge in [-0.2, -0.15) is 0 Å². The normalized spacial score (nSPS) is 11.1. The van der Waals surface area contributed by atoms with Crippen molar-refractivity contribution >= 4 is 17.4 Å². The SMILES string of the molecule is CCOC(=O)C=C(Nc1ccc(-c2cnco2)c(OC)c1)c1ccccc1. The number of esters is 1. The second-order valence-corrected chi connectivity index (χ2v) is 5.58. The van der Waals surface area contributed by atoms with Crippen LogP contribution in [0.5, 0.6) is 5.75 Å². The zero-order valence-corrected chi connectivity index (χ0v) is 15.1. The van der Waals surface area contributed by atoms with Gasteiger partial charge < -0.3 is 19.2 Å². The molecule has 3 aromatic rings. The number of ether oxygens (including phenoxy) is 2. The van der Waals surface area contributed by atoms with E-state index in [-0.39, 0.29) is 0 Å². The largest absolute Gasteiger partial charge is 0.496 e. The first-order valence-corrected chi connectivity index (χ1v) is 8.49. The van der Waals surface area contributed by atoms with E-state index >= 15 is 0 Å². The number of carbonyl (C=O) groups excluding carboxylic acids is 1. The average Bonchev–Trinajstić information content (AvgIpc) is 3.23.